The van der Waals surface area contributed by atoms with Gasteiger partial charge in [0.1, 0.15) is 9.75 Å². The van der Waals surface area contributed by atoms with Crippen molar-refractivity contribution in [3.8, 4) is 0 Å². The Balaban J connectivity index is 2.29. The van der Waals surface area contributed by atoms with Gasteiger partial charge >= 0.3 is 0 Å². The Morgan fingerprint density at radius 1 is 1.06 bits per heavy atom. The number of fused-ring (bicyclic) bond motifs is 3. The molecule has 0 nitrogen and oxygen atoms in total. The van der Waals surface area contributed by atoms with E-state index >= 15 is 0 Å². The molecule has 0 aromatic rings. The van der Waals surface area contributed by atoms with Gasteiger partial charge in [0, 0.05) is 0 Å². The Morgan fingerprint density at radius 2 is 1.61 bits per heavy atom. The van der Waals surface area contributed by atoms with Crippen LogP contribution in [-0.2, 0) is 0 Å². The smallest absolute Gasteiger partial charge is 0.114 e. The molecule has 0 amide bonds. The van der Waals surface area contributed by atoms with Crippen molar-refractivity contribution >= 4 is 92.8 Å². The molecule has 0 spiro atoms. The summed E-state index contributed by atoms with van der Waals surface area (Å²) in [6, 6.07) is 0. The minimum Gasteiger partial charge on any atom is -0.114 e. The van der Waals surface area contributed by atoms with Crippen molar-refractivity contribution in [3.05, 3.63) is 21.7 Å². The maximum atomic E-state index is 6.57. The van der Waals surface area contributed by atoms with Crippen LogP contribution in [0, 0.1) is 0 Å². The van der Waals surface area contributed by atoms with Crippen molar-refractivity contribution < 1.29 is 0 Å². The summed E-state index contributed by atoms with van der Waals surface area (Å²) in [6.45, 7) is 0. The first-order valence-corrected chi connectivity index (χ1v) is 7.99. The number of rotatable bonds is 0. The van der Waals surface area contributed by atoms with Crippen molar-refractivity contribution in [1.82, 2.24) is 0 Å². The van der Waals surface area contributed by atoms with Crippen LogP contribution in [0.4, 0.5) is 0 Å². The Bertz CT molecular complexity index is 522. The van der Waals surface area contributed by atoms with Crippen molar-refractivity contribution in [3.63, 3.8) is 0 Å². The number of halogens is 8. The van der Waals surface area contributed by atoms with Gasteiger partial charge in [-0.25, -0.2) is 0 Å². The summed E-state index contributed by atoms with van der Waals surface area (Å²) in [5, 5.41) is -0.424. The molecular weight excluding hydrogens is 404 g/mol. The van der Waals surface area contributed by atoms with Crippen LogP contribution in [0.25, 0.3) is 0 Å². The number of allylic oxidation sites excluding steroid dienone is 4. The molecule has 0 aromatic carbocycles. The van der Waals surface area contributed by atoms with Gasteiger partial charge in [-0.1, -0.05) is 46.4 Å². The molecule has 0 N–H and O–H groups in total. The van der Waals surface area contributed by atoms with Gasteiger partial charge in [-0.05, 0) is 18.1 Å². The molecule has 0 saturated heterocycles. The number of hydrogen-bond acceptors (Lipinski definition) is 0. The van der Waals surface area contributed by atoms with Crippen LogP contribution in [0.5, 0.6) is 0 Å². The van der Waals surface area contributed by atoms with E-state index in [0.29, 0.717) is 12.0 Å². The van der Waals surface area contributed by atoms with E-state index in [2.05, 4.69) is 0 Å². The number of alkyl halides is 6. The van der Waals surface area contributed by atoms with Gasteiger partial charge < -0.3 is 0 Å². The lowest BCUT2D eigenvalue weighted by Gasteiger charge is -2.42. The van der Waals surface area contributed by atoms with E-state index in [9.17, 15) is 0 Å². The summed E-state index contributed by atoms with van der Waals surface area (Å²) >= 11 is 50.5. The van der Waals surface area contributed by atoms with Crippen LogP contribution in [0.2, 0.25) is 0 Å². The van der Waals surface area contributed by atoms with Gasteiger partial charge in [-0.2, -0.15) is 0 Å². The molecule has 2 saturated carbocycles. The summed E-state index contributed by atoms with van der Waals surface area (Å²) in [7, 11) is 0. The average Bonchev–Trinajstić information content (AvgIpc) is 2.83. The minimum absolute atomic E-state index is 0.185. The van der Waals surface area contributed by atoms with Gasteiger partial charge in [-0.15, -0.1) is 46.4 Å². The van der Waals surface area contributed by atoms with E-state index in [-0.39, 0.29) is 10.1 Å². The monoisotopic (exact) mass is 404 g/mol. The molecule has 4 unspecified atom stereocenters. The van der Waals surface area contributed by atoms with Gasteiger partial charge in [0.05, 0.1) is 20.3 Å². The molecule has 3 aliphatic rings. The Labute approximate surface area is 144 Å². The predicted molar refractivity (Wildman–Crippen MR) is 81.3 cm³/mol. The first kappa shape index (κ1) is 14.7. The topological polar surface area (TPSA) is 0 Å². The van der Waals surface area contributed by atoms with E-state index in [1.807, 2.05) is 0 Å². The molecule has 0 bridgehead atoms. The van der Waals surface area contributed by atoms with E-state index in [4.69, 9.17) is 92.8 Å². The fourth-order valence-corrected chi connectivity index (χ4v) is 6.39. The summed E-state index contributed by atoms with van der Waals surface area (Å²) in [5.41, 5.74) is 0.535. The lowest BCUT2D eigenvalue weighted by Crippen LogP contribution is -2.52. The van der Waals surface area contributed by atoms with Gasteiger partial charge in [0.15, 0.2) is 4.33 Å². The normalized spacial score (nSPS) is 52.9. The highest BCUT2D eigenvalue weighted by atomic mass is 35.5. The third-order valence-corrected chi connectivity index (χ3v) is 9.26. The standard InChI is InChI=1S/C10H4Cl8/c11-3-1-4-7(14)2-8(7,15)10(17,18)9(4,16)6(13)5(3)12/h1,6H,2H2. The lowest BCUT2D eigenvalue weighted by molar-refractivity contribution is 0.585. The molecule has 8 heteroatoms. The van der Waals surface area contributed by atoms with Crippen LogP contribution >= 0.6 is 92.8 Å². The van der Waals surface area contributed by atoms with Gasteiger partial charge in [-0.3, -0.25) is 0 Å². The highest BCUT2D eigenvalue weighted by molar-refractivity contribution is 6.65. The minimum atomic E-state index is -1.54. The molecule has 0 aliphatic heterocycles. The molecule has 0 aromatic heterocycles. The van der Waals surface area contributed by atoms with E-state index in [1.54, 1.807) is 6.08 Å². The molecule has 3 aliphatic carbocycles. The molecule has 4 atom stereocenters. The van der Waals surface area contributed by atoms with Gasteiger partial charge in [0.2, 0.25) is 0 Å². The summed E-state index contributed by atoms with van der Waals surface area (Å²) < 4.78 is -1.54. The van der Waals surface area contributed by atoms with Crippen molar-refractivity contribution in [2.75, 3.05) is 0 Å². The third-order valence-electron chi connectivity index (χ3n) is 3.83. The van der Waals surface area contributed by atoms with Crippen LogP contribution in [0.1, 0.15) is 6.42 Å². The Morgan fingerprint density at radius 3 is 2.17 bits per heavy atom. The van der Waals surface area contributed by atoms with Crippen molar-refractivity contribution in [2.45, 2.75) is 30.8 Å². The molecule has 0 radical (unpaired) electrons. The third kappa shape index (κ3) is 1.27. The largest absolute Gasteiger partial charge is 0.164 e. The highest BCUT2D eigenvalue weighted by Crippen LogP contribution is 2.83. The molecule has 2 fully saturated rings. The summed E-state index contributed by atoms with van der Waals surface area (Å²) in [5.74, 6) is 0. The van der Waals surface area contributed by atoms with Crippen molar-refractivity contribution in [2.24, 2.45) is 0 Å². The first-order chi connectivity index (χ1) is 8.04. The van der Waals surface area contributed by atoms with E-state index < -0.39 is 24.3 Å². The molecule has 3 rings (SSSR count). The summed E-state index contributed by atoms with van der Waals surface area (Å²) in [4.78, 5) is -3.36. The Kier molecular flexibility index (Phi) is 3.08. The van der Waals surface area contributed by atoms with Gasteiger partial charge in [0.25, 0.3) is 0 Å². The zero-order valence-corrected chi connectivity index (χ0v) is 14.4. The zero-order chi connectivity index (χ0) is 13.7. The van der Waals surface area contributed by atoms with Crippen LogP contribution < -0.4 is 0 Å². The second kappa shape index (κ2) is 3.76. The van der Waals surface area contributed by atoms with E-state index in [1.165, 1.54) is 0 Å². The SMILES string of the molecule is ClC1=C(Cl)C(Cl)C2(Cl)C(=C1)C1(Cl)CC1(Cl)C2(Cl)Cl. The zero-order valence-electron chi connectivity index (χ0n) is 8.39. The quantitative estimate of drug-likeness (QED) is 0.449. The lowest BCUT2D eigenvalue weighted by atomic mass is 9.88. The van der Waals surface area contributed by atoms with Crippen LogP contribution in [0.15, 0.2) is 21.7 Å². The van der Waals surface area contributed by atoms with E-state index in [0.717, 1.165) is 0 Å². The first-order valence-electron chi connectivity index (χ1n) is 4.90. The predicted octanol–water partition coefficient (Wildman–Crippen LogP) is 5.75. The molecule has 0 heterocycles. The average molecular weight is 408 g/mol. The molecule has 100 valence electrons. The van der Waals surface area contributed by atoms with Crippen LogP contribution in [-0.4, -0.2) is 24.3 Å². The maximum absolute atomic E-state index is 6.57. The second-order valence-electron chi connectivity index (χ2n) is 4.68. The summed E-state index contributed by atoms with van der Waals surface area (Å²) in [6.07, 6.45) is 1.97. The number of hydrogen-bond donors (Lipinski definition) is 0. The van der Waals surface area contributed by atoms with Crippen molar-refractivity contribution in [1.29, 1.82) is 0 Å². The molecule has 18 heavy (non-hydrogen) atoms. The van der Waals surface area contributed by atoms with Crippen LogP contribution in [0.3, 0.4) is 0 Å². The fraction of sp³-hybridized carbons (Fsp3) is 0.600. The fourth-order valence-electron chi connectivity index (χ4n) is 2.71. The maximum Gasteiger partial charge on any atom is 0.164 e. The molecular formula is C10H4Cl8. The second-order valence-corrected chi connectivity index (χ2v) is 9.15. The highest BCUT2D eigenvalue weighted by Gasteiger charge is 2.90. The Hall–Kier alpha value is 1.80.